The Hall–Kier alpha value is -0.990. The second-order valence-corrected chi connectivity index (χ2v) is 8.39. The molecule has 6 nitrogen and oxygen atoms in total. The molecule has 1 unspecified atom stereocenters. The molecule has 3 rings (SSSR count). The zero-order valence-electron chi connectivity index (χ0n) is 11.6. The SMILES string of the molecule is O=C(NS(=O)(=O)CC1CCCOC1)c1nc2c(s1)CCC2. The number of ether oxygens (including phenoxy) is 1. The maximum absolute atomic E-state index is 12.0. The van der Waals surface area contributed by atoms with Crippen LogP contribution in [0.25, 0.3) is 0 Å². The number of thiazole rings is 1. The van der Waals surface area contributed by atoms with Gasteiger partial charge in [-0.05, 0) is 38.0 Å². The Labute approximate surface area is 128 Å². The first-order chi connectivity index (χ1) is 10.0. The smallest absolute Gasteiger partial charge is 0.293 e. The number of hydrogen-bond acceptors (Lipinski definition) is 6. The summed E-state index contributed by atoms with van der Waals surface area (Å²) >= 11 is 1.30. The molecule has 1 saturated heterocycles. The van der Waals surface area contributed by atoms with Gasteiger partial charge in [-0.2, -0.15) is 0 Å². The van der Waals surface area contributed by atoms with Gasteiger partial charge in [0, 0.05) is 11.5 Å². The van der Waals surface area contributed by atoms with E-state index in [2.05, 4.69) is 9.71 Å². The van der Waals surface area contributed by atoms with Gasteiger partial charge in [0.05, 0.1) is 18.1 Å². The molecule has 1 atom stereocenters. The summed E-state index contributed by atoms with van der Waals surface area (Å²) in [6.45, 7) is 1.13. The number of carbonyl (C=O) groups is 1. The topological polar surface area (TPSA) is 85.4 Å². The van der Waals surface area contributed by atoms with Crippen LogP contribution in [0, 0.1) is 5.92 Å². The van der Waals surface area contributed by atoms with Crippen molar-refractivity contribution in [2.45, 2.75) is 32.1 Å². The number of aryl methyl sites for hydroxylation is 2. The van der Waals surface area contributed by atoms with Crippen LogP contribution in [-0.4, -0.2) is 38.3 Å². The number of sulfonamides is 1. The molecule has 21 heavy (non-hydrogen) atoms. The molecule has 0 saturated carbocycles. The molecule has 8 heteroatoms. The van der Waals surface area contributed by atoms with Crippen LogP contribution < -0.4 is 4.72 Å². The van der Waals surface area contributed by atoms with Gasteiger partial charge in [0.1, 0.15) is 0 Å². The molecule has 0 bridgehead atoms. The molecule has 1 amide bonds. The van der Waals surface area contributed by atoms with E-state index in [-0.39, 0.29) is 16.7 Å². The van der Waals surface area contributed by atoms with E-state index in [4.69, 9.17) is 4.74 Å². The standard InChI is InChI=1S/C13H18N2O4S2/c16-12(13-14-10-4-1-5-11(10)20-13)15-21(17,18)8-9-3-2-6-19-7-9/h9H,1-8H2,(H,15,16). The van der Waals surface area contributed by atoms with Gasteiger partial charge in [0.15, 0.2) is 5.01 Å². The summed E-state index contributed by atoms with van der Waals surface area (Å²) in [7, 11) is -3.63. The first-order valence-corrected chi connectivity index (χ1v) is 9.61. The minimum atomic E-state index is -3.63. The van der Waals surface area contributed by atoms with Crippen molar-refractivity contribution in [3.05, 3.63) is 15.6 Å². The molecule has 2 aliphatic rings. The summed E-state index contributed by atoms with van der Waals surface area (Å²) in [5.74, 6) is -0.708. The molecule has 1 aromatic rings. The summed E-state index contributed by atoms with van der Waals surface area (Å²) < 4.78 is 31.5. The molecule has 1 aromatic heterocycles. The van der Waals surface area contributed by atoms with Crippen LogP contribution in [0.2, 0.25) is 0 Å². The average Bonchev–Trinajstić information content (AvgIpc) is 2.99. The maximum atomic E-state index is 12.0. The van der Waals surface area contributed by atoms with Crippen LogP contribution in [0.3, 0.4) is 0 Å². The molecule has 1 aliphatic carbocycles. The van der Waals surface area contributed by atoms with Crippen molar-refractivity contribution >= 4 is 27.3 Å². The van der Waals surface area contributed by atoms with Crippen molar-refractivity contribution in [1.82, 2.24) is 9.71 Å². The lowest BCUT2D eigenvalue weighted by molar-refractivity contribution is 0.0624. The van der Waals surface area contributed by atoms with Crippen LogP contribution in [0.15, 0.2) is 0 Å². The molecule has 0 radical (unpaired) electrons. The van der Waals surface area contributed by atoms with Gasteiger partial charge in [-0.3, -0.25) is 4.79 Å². The number of carbonyl (C=O) groups excluding carboxylic acids is 1. The highest BCUT2D eigenvalue weighted by Crippen LogP contribution is 2.27. The van der Waals surface area contributed by atoms with E-state index in [1.807, 2.05) is 0 Å². The Balaban J connectivity index is 1.62. The Kier molecular flexibility index (Phi) is 4.28. The maximum Gasteiger partial charge on any atom is 0.293 e. The molecule has 0 aromatic carbocycles. The number of hydrogen-bond donors (Lipinski definition) is 1. The van der Waals surface area contributed by atoms with Crippen molar-refractivity contribution in [2.75, 3.05) is 19.0 Å². The Morgan fingerprint density at radius 1 is 1.38 bits per heavy atom. The molecule has 1 fully saturated rings. The van der Waals surface area contributed by atoms with E-state index < -0.39 is 15.9 Å². The predicted molar refractivity (Wildman–Crippen MR) is 78.9 cm³/mol. The van der Waals surface area contributed by atoms with E-state index in [9.17, 15) is 13.2 Å². The number of amides is 1. The molecule has 1 N–H and O–H groups in total. The number of rotatable bonds is 4. The number of nitrogens with zero attached hydrogens (tertiary/aromatic N) is 1. The van der Waals surface area contributed by atoms with E-state index in [1.165, 1.54) is 11.3 Å². The highest BCUT2D eigenvalue weighted by Gasteiger charge is 2.26. The molecule has 116 valence electrons. The highest BCUT2D eigenvalue weighted by atomic mass is 32.2. The van der Waals surface area contributed by atoms with Gasteiger partial charge in [0.25, 0.3) is 5.91 Å². The fourth-order valence-electron chi connectivity index (χ4n) is 2.76. The van der Waals surface area contributed by atoms with E-state index in [0.717, 1.165) is 42.7 Å². The van der Waals surface area contributed by atoms with Gasteiger partial charge in [-0.1, -0.05) is 0 Å². The summed E-state index contributed by atoms with van der Waals surface area (Å²) in [4.78, 5) is 17.4. The number of fused-ring (bicyclic) bond motifs is 1. The first kappa shape index (κ1) is 14.9. The van der Waals surface area contributed by atoms with E-state index in [1.54, 1.807) is 0 Å². The first-order valence-electron chi connectivity index (χ1n) is 7.14. The minimum Gasteiger partial charge on any atom is -0.381 e. The Morgan fingerprint density at radius 3 is 2.95 bits per heavy atom. The highest BCUT2D eigenvalue weighted by molar-refractivity contribution is 7.90. The Morgan fingerprint density at radius 2 is 2.24 bits per heavy atom. The second kappa shape index (κ2) is 6.02. The lowest BCUT2D eigenvalue weighted by atomic mass is 10.1. The third-order valence-electron chi connectivity index (χ3n) is 3.75. The monoisotopic (exact) mass is 330 g/mol. The predicted octanol–water partition coefficient (Wildman–Crippen LogP) is 1.12. The number of nitrogens with one attached hydrogen (secondary N) is 1. The number of aromatic nitrogens is 1. The summed E-state index contributed by atoms with van der Waals surface area (Å²) in [6, 6.07) is 0. The van der Waals surface area contributed by atoms with Crippen LogP contribution in [-0.2, 0) is 27.6 Å². The van der Waals surface area contributed by atoms with E-state index in [0.29, 0.717) is 13.2 Å². The minimum absolute atomic E-state index is 0.0367. The van der Waals surface area contributed by atoms with Crippen molar-refractivity contribution in [3.8, 4) is 0 Å². The quantitative estimate of drug-likeness (QED) is 0.894. The van der Waals surface area contributed by atoms with Crippen molar-refractivity contribution in [2.24, 2.45) is 5.92 Å². The molecule has 0 spiro atoms. The van der Waals surface area contributed by atoms with Crippen LogP contribution in [0.1, 0.15) is 39.6 Å². The summed E-state index contributed by atoms with van der Waals surface area (Å²) in [5, 5.41) is 0.253. The molecule has 2 heterocycles. The fourth-order valence-corrected chi connectivity index (χ4v) is 5.22. The van der Waals surface area contributed by atoms with Crippen molar-refractivity contribution in [3.63, 3.8) is 0 Å². The lowest BCUT2D eigenvalue weighted by Crippen LogP contribution is -2.36. The van der Waals surface area contributed by atoms with Gasteiger partial charge in [0.2, 0.25) is 10.0 Å². The van der Waals surface area contributed by atoms with Gasteiger partial charge in [-0.25, -0.2) is 18.1 Å². The second-order valence-electron chi connectivity index (χ2n) is 5.54. The molecule has 1 aliphatic heterocycles. The van der Waals surface area contributed by atoms with E-state index >= 15 is 0 Å². The van der Waals surface area contributed by atoms with Crippen molar-refractivity contribution in [1.29, 1.82) is 0 Å². The third kappa shape index (κ3) is 3.61. The molecular formula is C13H18N2O4S2. The third-order valence-corrected chi connectivity index (χ3v) is 6.31. The zero-order valence-corrected chi connectivity index (χ0v) is 13.3. The van der Waals surface area contributed by atoms with Crippen LogP contribution >= 0.6 is 11.3 Å². The Bertz CT molecular complexity index is 611. The lowest BCUT2D eigenvalue weighted by Gasteiger charge is -2.21. The van der Waals surface area contributed by atoms with Crippen LogP contribution in [0.4, 0.5) is 0 Å². The van der Waals surface area contributed by atoms with Crippen molar-refractivity contribution < 1.29 is 17.9 Å². The summed E-state index contributed by atoms with van der Waals surface area (Å²) in [5.41, 5.74) is 0.947. The zero-order chi connectivity index (χ0) is 14.9. The van der Waals surface area contributed by atoms with Gasteiger partial charge in [-0.15, -0.1) is 11.3 Å². The average molecular weight is 330 g/mol. The van der Waals surface area contributed by atoms with Crippen LogP contribution in [0.5, 0.6) is 0 Å². The van der Waals surface area contributed by atoms with Gasteiger partial charge >= 0.3 is 0 Å². The largest absolute Gasteiger partial charge is 0.381 e. The normalized spacial score (nSPS) is 22.0. The fraction of sp³-hybridized carbons (Fsp3) is 0.692. The summed E-state index contributed by atoms with van der Waals surface area (Å²) in [6.07, 6.45) is 4.57. The van der Waals surface area contributed by atoms with Gasteiger partial charge < -0.3 is 4.74 Å². The molecular weight excluding hydrogens is 312 g/mol.